The van der Waals surface area contributed by atoms with Crippen molar-refractivity contribution in [1.82, 2.24) is 0 Å². The lowest BCUT2D eigenvalue weighted by atomic mass is 9.44. The zero-order valence-electron chi connectivity index (χ0n) is 23.5. The SMILES string of the molecule is [2H]C([2H])([2H])C([2H])([2H])C(=O)OCC(=O)C1(O)C(C)CC2C3CCC4=CC(=O)C=CC4(C)C3(F)C(O)CC21C. The van der Waals surface area contributed by atoms with E-state index in [4.69, 9.17) is 11.6 Å². The van der Waals surface area contributed by atoms with Gasteiger partial charge in [-0.1, -0.05) is 32.3 Å². The molecule has 32 heavy (non-hydrogen) atoms. The van der Waals surface area contributed by atoms with Crippen molar-refractivity contribution in [3.8, 4) is 0 Å². The van der Waals surface area contributed by atoms with Gasteiger partial charge in [-0.3, -0.25) is 14.4 Å². The number of hydrogen-bond acceptors (Lipinski definition) is 6. The summed E-state index contributed by atoms with van der Waals surface area (Å²) in [5, 5.41) is 23.2. The van der Waals surface area contributed by atoms with Gasteiger partial charge in [0, 0.05) is 30.0 Å². The maximum absolute atomic E-state index is 17.2. The minimum atomic E-state index is -3.35. The molecule has 3 saturated carbocycles. The predicted octanol–water partition coefficient (Wildman–Crippen LogP) is 2.86. The number of esters is 1. The molecule has 2 N–H and O–H groups in total. The summed E-state index contributed by atoms with van der Waals surface area (Å²) in [7, 11) is 0. The van der Waals surface area contributed by atoms with E-state index in [1.807, 2.05) is 0 Å². The number of carbonyl (C=O) groups excluding carboxylic acids is 3. The molecule has 0 aromatic carbocycles. The van der Waals surface area contributed by atoms with Crippen LogP contribution in [0.2, 0.25) is 0 Å². The quantitative estimate of drug-likeness (QED) is 0.635. The second-order valence-electron chi connectivity index (χ2n) is 10.3. The lowest BCUT2D eigenvalue weighted by Crippen LogP contribution is -2.69. The fourth-order valence-electron chi connectivity index (χ4n) is 7.42. The Morgan fingerprint density at radius 1 is 1.38 bits per heavy atom. The Morgan fingerprint density at radius 2 is 2.09 bits per heavy atom. The first-order chi connectivity index (χ1) is 16.8. The molecule has 6 nitrogen and oxygen atoms in total. The number of Topliss-reactive ketones (excluding diaryl/α,β-unsaturated/α-hetero) is 1. The first-order valence-corrected chi connectivity index (χ1v) is 11.0. The van der Waals surface area contributed by atoms with Crippen LogP contribution in [0.1, 0.15) is 66.5 Å². The van der Waals surface area contributed by atoms with Crippen molar-refractivity contribution < 1.29 is 40.6 Å². The van der Waals surface area contributed by atoms with Crippen LogP contribution in [-0.4, -0.2) is 51.7 Å². The second-order valence-corrected chi connectivity index (χ2v) is 10.3. The molecule has 0 radical (unpaired) electrons. The van der Waals surface area contributed by atoms with Crippen LogP contribution in [0.25, 0.3) is 0 Å². The molecule has 176 valence electrons. The van der Waals surface area contributed by atoms with Gasteiger partial charge >= 0.3 is 5.97 Å². The number of alkyl halides is 1. The van der Waals surface area contributed by atoms with Crippen molar-refractivity contribution in [3.05, 3.63) is 23.8 Å². The van der Waals surface area contributed by atoms with Gasteiger partial charge in [-0.05, 0) is 56.6 Å². The Bertz CT molecular complexity index is 1100. The summed E-state index contributed by atoms with van der Waals surface area (Å²) in [6.45, 7) is 0.510. The zero-order chi connectivity index (χ0) is 28.0. The summed E-state index contributed by atoms with van der Waals surface area (Å²) in [6, 6.07) is 0. The number of allylic oxidation sites excluding steroid dienone is 4. The first-order valence-electron chi connectivity index (χ1n) is 13.5. The highest BCUT2D eigenvalue weighted by Crippen LogP contribution is 2.70. The van der Waals surface area contributed by atoms with E-state index in [0.717, 1.165) is 0 Å². The van der Waals surface area contributed by atoms with Gasteiger partial charge in [0.1, 0.15) is 5.60 Å². The van der Waals surface area contributed by atoms with Crippen molar-refractivity contribution in [1.29, 1.82) is 0 Å². The number of aliphatic hydroxyl groups is 2. The van der Waals surface area contributed by atoms with E-state index in [0.29, 0.717) is 18.4 Å². The molecule has 0 aromatic rings. The van der Waals surface area contributed by atoms with Crippen molar-refractivity contribution in [3.63, 3.8) is 0 Å². The van der Waals surface area contributed by atoms with Crippen LogP contribution in [0.5, 0.6) is 0 Å². The monoisotopic (exact) mass is 453 g/mol. The van der Waals surface area contributed by atoms with Crippen molar-refractivity contribution in [2.24, 2.45) is 28.6 Å². The molecule has 4 aliphatic rings. The largest absolute Gasteiger partial charge is 0.458 e. The lowest BCUT2D eigenvalue weighted by molar-refractivity contribution is -0.220. The molecule has 0 amide bonds. The molecule has 0 heterocycles. The number of halogens is 1. The van der Waals surface area contributed by atoms with E-state index >= 15 is 4.39 Å². The van der Waals surface area contributed by atoms with Crippen LogP contribution in [-0.2, 0) is 19.1 Å². The molecular formula is C25H33FO6. The number of aliphatic hydroxyl groups excluding tert-OH is 1. The van der Waals surface area contributed by atoms with Gasteiger partial charge in [-0.2, -0.15) is 0 Å². The van der Waals surface area contributed by atoms with Gasteiger partial charge < -0.3 is 14.9 Å². The van der Waals surface area contributed by atoms with Crippen LogP contribution >= 0.6 is 0 Å². The van der Waals surface area contributed by atoms with E-state index in [-0.39, 0.29) is 18.6 Å². The molecule has 0 saturated heterocycles. The summed E-state index contributed by atoms with van der Waals surface area (Å²) >= 11 is 0. The van der Waals surface area contributed by atoms with E-state index in [2.05, 4.69) is 0 Å². The Labute approximate surface area is 194 Å². The number of hydrogen-bond donors (Lipinski definition) is 2. The molecule has 4 rings (SSSR count). The molecule has 3 fully saturated rings. The van der Waals surface area contributed by atoms with Crippen LogP contribution in [0.3, 0.4) is 0 Å². The Kier molecular flexibility index (Phi) is 4.03. The maximum Gasteiger partial charge on any atom is 0.305 e. The van der Waals surface area contributed by atoms with Gasteiger partial charge in [0.05, 0.1) is 6.10 Å². The van der Waals surface area contributed by atoms with Crippen LogP contribution in [0.4, 0.5) is 4.39 Å². The van der Waals surface area contributed by atoms with E-state index < -0.39 is 77.5 Å². The Hall–Kier alpha value is -1.86. The van der Waals surface area contributed by atoms with E-state index in [1.165, 1.54) is 18.2 Å². The van der Waals surface area contributed by atoms with E-state index in [9.17, 15) is 24.6 Å². The Balaban J connectivity index is 1.64. The highest BCUT2D eigenvalue weighted by Gasteiger charge is 2.75. The molecule has 0 aliphatic heterocycles. The molecule has 4 aliphatic carbocycles. The molecular weight excluding hydrogens is 415 g/mol. The summed E-state index contributed by atoms with van der Waals surface area (Å²) < 4.78 is 58.5. The normalized spacial score (nSPS) is 50.4. The average molecular weight is 454 g/mol. The third-order valence-electron chi connectivity index (χ3n) is 9.08. The molecule has 8 atom stereocenters. The third kappa shape index (κ3) is 2.73. The minimum absolute atomic E-state index is 0.239. The number of fused-ring (bicyclic) bond motifs is 5. The van der Waals surface area contributed by atoms with Crippen LogP contribution < -0.4 is 0 Å². The Morgan fingerprint density at radius 3 is 2.78 bits per heavy atom. The molecule has 8 unspecified atom stereocenters. The molecule has 0 bridgehead atoms. The topological polar surface area (TPSA) is 101 Å². The van der Waals surface area contributed by atoms with Gasteiger partial charge in [-0.15, -0.1) is 0 Å². The summed E-state index contributed by atoms with van der Waals surface area (Å²) in [5.41, 5.74) is -6.20. The third-order valence-corrected chi connectivity index (χ3v) is 9.08. The highest BCUT2D eigenvalue weighted by molar-refractivity contribution is 6.01. The average Bonchev–Trinajstić information content (AvgIpc) is 2.99. The smallest absolute Gasteiger partial charge is 0.305 e. The van der Waals surface area contributed by atoms with Crippen molar-refractivity contribution >= 4 is 17.5 Å². The van der Waals surface area contributed by atoms with Crippen LogP contribution in [0.15, 0.2) is 23.8 Å². The van der Waals surface area contributed by atoms with Gasteiger partial charge in [-0.25, -0.2) is 4.39 Å². The fourth-order valence-corrected chi connectivity index (χ4v) is 7.42. The van der Waals surface area contributed by atoms with E-state index in [1.54, 1.807) is 20.8 Å². The van der Waals surface area contributed by atoms with Crippen molar-refractivity contribution in [2.75, 3.05) is 6.61 Å². The number of ether oxygens (including phenoxy) is 1. The second kappa shape index (κ2) is 7.32. The first kappa shape index (κ1) is 17.6. The summed E-state index contributed by atoms with van der Waals surface area (Å²) in [4.78, 5) is 37.5. The van der Waals surface area contributed by atoms with Gasteiger partial charge in [0.15, 0.2) is 18.1 Å². The zero-order valence-corrected chi connectivity index (χ0v) is 18.5. The fraction of sp³-hybridized carbons (Fsp3) is 0.720. The molecule has 0 aromatic heterocycles. The number of ketones is 2. The highest BCUT2D eigenvalue weighted by atomic mass is 19.1. The van der Waals surface area contributed by atoms with Crippen molar-refractivity contribution in [2.45, 2.75) is 77.1 Å². The predicted molar refractivity (Wildman–Crippen MR) is 114 cm³/mol. The van der Waals surface area contributed by atoms with Gasteiger partial charge in [0.25, 0.3) is 0 Å². The van der Waals surface area contributed by atoms with Crippen LogP contribution in [0, 0.1) is 28.6 Å². The summed E-state index contributed by atoms with van der Waals surface area (Å²) in [5.74, 6) is -4.92. The number of rotatable bonds is 4. The number of carbonyl (C=O) groups is 3. The molecule has 7 heteroatoms. The lowest BCUT2D eigenvalue weighted by Gasteiger charge is -2.62. The maximum atomic E-state index is 17.2. The van der Waals surface area contributed by atoms with Gasteiger partial charge in [0.2, 0.25) is 5.78 Å². The summed E-state index contributed by atoms with van der Waals surface area (Å²) in [6.07, 6.45) is 0.00896. The molecule has 0 spiro atoms. The minimum Gasteiger partial charge on any atom is -0.458 e. The standard InChI is InChI=1S/C25H33FO6/c1-5-21(30)32-13-20(29)25(31)14(2)10-18-17-7-6-15-11-16(27)8-9-22(15,3)24(17,26)19(28)12-23(18,25)4/h8-9,11,14,17-19,28,31H,5-7,10,12-13H2,1-4H3/i1D3,5D2.